The largest absolute Gasteiger partial charge is 0.481 e. The number of nitrogens with one attached hydrogen (secondary N) is 1. The van der Waals surface area contributed by atoms with Gasteiger partial charge in [0.05, 0.1) is 17.5 Å². The molecule has 1 fully saturated rings. The molecule has 1 amide bonds. The standard InChI is InChI=1S/C14H13FN2O3/c15-11-5-2-6-12(10(11)7-16)17-13(18)8-3-1-4-9(8)14(19)20/h2,5-6,8-9H,1,3-4H2,(H,17,18)(H,19,20). The Labute approximate surface area is 115 Å². The molecule has 20 heavy (non-hydrogen) atoms. The van der Waals surface area contributed by atoms with Crippen molar-refractivity contribution in [1.82, 2.24) is 0 Å². The molecular weight excluding hydrogens is 263 g/mol. The van der Waals surface area contributed by atoms with Crippen LogP contribution in [0, 0.1) is 29.0 Å². The van der Waals surface area contributed by atoms with Crippen LogP contribution in [-0.2, 0) is 9.59 Å². The number of benzene rings is 1. The molecule has 2 N–H and O–H groups in total. The predicted molar refractivity (Wildman–Crippen MR) is 68.2 cm³/mol. The predicted octanol–water partition coefficient (Wildman–Crippen LogP) is 2.14. The Balaban J connectivity index is 2.19. The Morgan fingerprint density at radius 1 is 1.35 bits per heavy atom. The molecule has 5 nitrogen and oxygen atoms in total. The third-order valence-electron chi connectivity index (χ3n) is 3.55. The number of carboxylic acids is 1. The van der Waals surface area contributed by atoms with E-state index in [9.17, 15) is 14.0 Å². The number of aliphatic carboxylic acids is 1. The Morgan fingerprint density at radius 2 is 2.05 bits per heavy atom. The zero-order valence-corrected chi connectivity index (χ0v) is 10.6. The Morgan fingerprint density at radius 3 is 2.70 bits per heavy atom. The molecule has 0 heterocycles. The van der Waals surface area contributed by atoms with E-state index in [-0.39, 0.29) is 11.3 Å². The Kier molecular flexibility index (Phi) is 3.99. The van der Waals surface area contributed by atoms with Gasteiger partial charge in [-0.2, -0.15) is 5.26 Å². The fourth-order valence-electron chi connectivity index (χ4n) is 2.54. The third-order valence-corrected chi connectivity index (χ3v) is 3.55. The lowest BCUT2D eigenvalue weighted by Gasteiger charge is -2.16. The number of rotatable bonds is 3. The van der Waals surface area contributed by atoms with Crippen molar-refractivity contribution >= 4 is 17.6 Å². The third kappa shape index (κ3) is 2.62. The average molecular weight is 276 g/mol. The minimum absolute atomic E-state index is 0.0774. The molecule has 104 valence electrons. The number of hydrogen-bond donors (Lipinski definition) is 2. The summed E-state index contributed by atoms with van der Waals surface area (Å²) < 4.78 is 13.4. The molecule has 1 saturated carbocycles. The molecule has 1 aromatic rings. The van der Waals surface area contributed by atoms with Gasteiger partial charge in [-0.15, -0.1) is 0 Å². The van der Waals surface area contributed by atoms with Gasteiger partial charge < -0.3 is 10.4 Å². The van der Waals surface area contributed by atoms with Crippen LogP contribution < -0.4 is 5.32 Å². The Bertz CT molecular complexity index is 595. The van der Waals surface area contributed by atoms with Crippen molar-refractivity contribution in [1.29, 1.82) is 5.26 Å². The van der Waals surface area contributed by atoms with Gasteiger partial charge in [0.25, 0.3) is 0 Å². The molecule has 6 heteroatoms. The van der Waals surface area contributed by atoms with Crippen LogP contribution in [0.4, 0.5) is 10.1 Å². The van der Waals surface area contributed by atoms with Crippen molar-refractivity contribution in [3.63, 3.8) is 0 Å². The van der Waals surface area contributed by atoms with Crippen molar-refractivity contribution in [2.75, 3.05) is 5.32 Å². The number of nitrogens with zero attached hydrogens (tertiary/aromatic N) is 1. The molecule has 0 saturated heterocycles. The van der Waals surface area contributed by atoms with Crippen LogP contribution in [0.15, 0.2) is 18.2 Å². The molecule has 0 spiro atoms. The lowest BCUT2D eigenvalue weighted by Crippen LogP contribution is -2.30. The highest BCUT2D eigenvalue weighted by Crippen LogP contribution is 2.33. The molecule has 1 aromatic carbocycles. The average Bonchev–Trinajstić information content (AvgIpc) is 2.88. The molecule has 0 bridgehead atoms. The fourth-order valence-corrected chi connectivity index (χ4v) is 2.54. The first-order valence-corrected chi connectivity index (χ1v) is 6.27. The van der Waals surface area contributed by atoms with Crippen LogP contribution in [-0.4, -0.2) is 17.0 Å². The van der Waals surface area contributed by atoms with E-state index in [4.69, 9.17) is 10.4 Å². The summed E-state index contributed by atoms with van der Waals surface area (Å²) in [7, 11) is 0. The highest BCUT2D eigenvalue weighted by Gasteiger charge is 2.37. The van der Waals surface area contributed by atoms with E-state index in [2.05, 4.69) is 5.32 Å². The van der Waals surface area contributed by atoms with Gasteiger partial charge in [-0.05, 0) is 25.0 Å². The van der Waals surface area contributed by atoms with Gasteiger partial charge in [0.15, 0.2) is 0 Å². The number of carboxylic acid groups (broad SMARTS) is 1. The molecule has 2 unspecified atom stereocenters. The molecule has 0 aliphatic heterocycles. The number of carbonyl (C=O) groups excluding carboxylic acids is 1. The van der Waals surface area contributed by atoms with Crippen molar-refractivity contribution in [3.05, 3.63) is 29.6 Å². The number of anilines is 1. The van der Waals surface area contributed by atoms with Crippen LogP contribution in [0.25, 0.3) is 0 Å². The zero-order chi connectivity index (χ0) is 14.7. The molecule has 1 aliphatic carbocycles. The second-order valence-electron chi connectivity index (χ2n) is 4.75. The minimum Gasteiger partial charge on any atom is -0.481 e. The van der Waals surface area contributed by atoms with E-state index in [1.165, 1.54) is 12.1 Å². The summed E-state index contributed by atoms with van der Waals surface area (Å²) in [5.74, 6) is -3.54. The zero-order valence-electron chi connectivity index (χ0n) is 10.6. The summed E-state index contributed by atoms with van der Waals surface area (Å²) in [4.78, 5) is 23.2. The van der Waals surface area contributed by atoms with E-state index >= 15 is 0 Å². The van der Waals surface area contributed by atoms with Crippen LogP contribution in [0.3, 0.4) is 0 Å². The van der Waals surface area contributed by atoms with E-state index in [0.717, 1.165) is 6.07 Å². The van der Waals surface area contributed by atoms with Crippen LogP contribution >= 0.6 is 0 Å². The number of halogens is 1. The van der Waals surface area contributed by atoms with Crippen molar-refractivity contribution in [2.24, 2.45) is 11.8 Å². The highest BCUT2D eigenvalue weighted by atomic mass is 19.1. The number of hydrogen-bond acceptors (Lipinski definition) is 3. The second kappa shape index (κ2) is 5.70. The van der Waals surface area contributed by atoms with E-state index < -0.39 is 29.5 Å². The van der Waals surface area contributed by atoms with E-state index in [1.54, 1.807) is 6.07 Å². The lowest BCUT2D eigenvalue weighted by atomic mass is 9.95. The number of carbonyl (C=O) groups is 2. The van der Waals surface area contributed by atoms with Gasteiger partial charge in [0.1, 0.15) is 17.4 Å². The monoisotopic (exact) mass is 276 g/mol. The lowest BCUT2D eigenvalue weighted by molar-refractivity contribution is -0.145. The van der Waals surface area contributed by atoms with Gasteiger partial charge in [-0.25, -0.2) is 4.39 Å². The quantitative estimate of drug-likeness (QED) is 0.884. The van der Waals surface area contributed by atoms with Gasteiger partial charge in [-0.1, -0.05) is 12.5 Å². The highest BCUT2D eigenvalue weighted by molar-refractivity contribution is 5.96. The number of amides is 1. The van der Waals surface area contributed by atoms with Crippen molar-refractivity contribution in [3.8, 4) is 6.07 Å². The number of nitriles is 1. The maximum Gasteiger partial charge on any atom is 0.307 e. The summed E-state index contributed by atoms with van der Waals surface area (Å²) in [5, 5.41) is 20.4. The topological polar surface area (TPSA) is 90.2 Å². The molecule has 1 aliphatic rings. The van der Waals surface area contributed by atoms with E-state index in [0.29, 0.717) is 19.3 Å². The molecule has 2 atom stereocenters. The van der Waals surface area contributed by atoms with Crippen molar-refractivity contribution in [2.45, 2.75) is 19.3 Å². The summed E-state index contributed by atoms with van der Waals surface area (Å²) >= 11 is 0. The van der Waals surface area contributed by atoms with Gasteiger partial charge in [0.2, 0.25) is 5.91 Å². The molecule has 0 radical (unpaired) electrons. The van der Waals surface area contributed by atoms with Crippen LogP contribution in [0.2, 0.25) is 0 Å². The minimum atomic E-state index is -0.998. The first-order valence-electron chi connectivity index (χ1n) is 6.27. The van der Waals surface area contributed by atoms with Gasteiger partial charge in [0, 0.05) is 0 Å². The molecule has 0 aromatic heterocycles. The SMILES string of the molecule is N#Cc1c(F)cccc1NC(=O)C1CCCC1C(=O)O. The molecule has 2 rings (SSSR count). The smallest absolute Gasteiger partial charge is 0.307 e. The van der Waals surface area contributed by atoms with Gasteiger partial charge >= 0.3 is 5.97 Å². The van der Waals surface area contributed by atoms with Gasteiger partial charge in [-0.3, -0.25) is 9.59 Å². The first kappa shape index (κ1) is 14.0. The summed E-state index contributed by atoms with van der Waals surface area (Å²) in [6.07, 6.45) is 1.62. The first-order chi connectivity index (χ1) is 9.54. The van der Waals surface area contributed by atoms with E-state index in [1.807, 2.05) is 0 Å². The molecular formula is C14H13FN2O3. The summed E-state index contributed by atoms with van der Waals surface area (Å²) in [5.41, 5.74) is -0.167. The van der Waals surface area contributed by atoms with Crippen LogP contribution in [0.1, 0.15) is 24.8 Å². The summed E-state index contributed by atoms with van der Waals surface area (Å²) in [6, 6.07) is 5.62. The van der Waals surface area contributed by atoms with Crippen molar-refractivity contribution < 1.29 is 19.1 Å². The maximum atomic E-state index is 13.4. The summed E-state index contributed by atoms with van der Waals surface area (Å²) in [6.45, 7) is 0. The van der Waals surface area contributed by atoms with Crippen LogP contribution in [0.5, 0.6) is 0 Å². The second-order valence-corrected chi connectivity index (χ2v) is 4.75. The normalized spacial score (nSPS) is 21.2. The fraction of sp³-hybridized carbons (Fsp3) is 0.357. The maximum absolute atomic E-state index is 13.4. The Hall–Kier alpha value is -2.42.